The number of aromatic nitrogens is 4. The molecule has 0 bridgehead atoms. The van der Waals surface area contributed by atoms with Gasteiger partial charge in [-0.3, -0.25) is 4.79 Å². The summed E-state index contributed by atoms with van der Waals surface area (Å²) in [5.41, 5.74) is 1.74. The number of piperazine rings is 1. The number of carbonyl (C=O) groups is 1. The van der Waals surface area contributed by atoms with Crippen LogP contribution in [0.4, 0.5) is 10.3 Å². The second kappa shape index (κ2) is 8.38. The van der Waals surface area contributed by atoms with Gasteiger partial charge in [0.25, 0.3) is 0 Å². The molecular weight excluding hydrogens is 371 g/mol. The quantitative estimate of drug-likeness (QED) is 0.665. The van der Waals surface area contributed by atoms with Crippen molar-refractivity contribution in [3.8, 4) is 5.69 Å². The van der Waals surface area contributed by atoms with E-state index in [0.29, 0.717) is 38.5 Å². The first-order chi connectivity index (χ1) is 14.1. The molecule has 0 spiro atoms. The lowest BCUT2D eigenvalue weighted by atomic mass is 9.99. The molecule has 7 nitrogen and oxygen atoms in total. The Bertz CT molecular complexity index is 968. The van der Waals surface area contributed by atoms with E-state index in [9.17, 15) is 9.18 Å². The maximum atomic E-state index is 13.4. The summed E-state index contributed by atoms with van der Waals surface area (Å²) in [5, 5.41) is 12.1. The Morgan fingerprint density at radius 1 is 1.07 bits per heavy atom. The molecule has 0 radical (unpaired) electrons. The number of hydrogen-bond donors (Lipinski definition) is 0. The number of rotatable bonds is 5. The molecule has 8 heteroatoms. The van der Waals surface area contributed by atoms with Gasteiger partial charge in [0.2, 0.25) is 11.9 Å². The first-order valence-corrected chi connectivity index (χ1v) is 9.74. The summed E-state index contributed by atoms with van der Waals surface area (Å²) < 4.78 is 15.1. The smallest absolute Gasteiger partial charge is 0.250 e. The Morgan fingerprint density at radius 2 is 1.83 bits per heavy atom. The highest BCUT2D eigenvalue weighted by atomic mass is 19.1. The molecule has 1 fully saturated rings. The number of carbonyl (C=O) groups excluding carboxylic acids is 1. The molecule has 29 heavy (non-hydrogen) atoms. The molecule has 3 aromatic rings. The summed E-state index contributed by atoms with van der Waals surface area (Å²) in [6.07, 6.45) is 0.531. The van der Waals surface area contributed by atoms with Crippen LogP contribution in [0.25, 0.3) is 5.69 Å². The third-order valence-electron chi connectivity index (χ3n) is 5.18. The Kier molecular flexibility index (Phi) is 5.50. The fourth-order valence-corrected chi connectivity index (χ4v) is 3.66. The molecule has 1 aromatic heterocycles. The van der Waals surface area contributed by atoms with Crippen LogP contribution in [-0.2, 0) is 11.2 Å². The van der Waals surface area contributed by atoms with E-state index in [2.05, 4.69) is 20.4 Å². The Labute approximate surface area is 168 Å². The SMILES string of the molecule is CC(Cc1cccc(F)c1)C(=O)N1CCN(c2nnnn2-c2ccccc2)CC1. The van der Waals surface area contributed by atoms with Crippen molar-refractivity contribution in [3.05, 3.63) is 66.0 Å². The molecule has 150 valence electrons. The minimum Gasteiger partial charge on any atom is -0.339 e. The number of para-hydroxylation sites is 1. The summed E-state index contributed by atoms with van der Waals surface area (Å²) in [7, 11) is 0. The lowest BCUT2D eigenvalue weighted by Gasteiger charge is -2.36. The van der Waals surface area contributed by atoms with Gasteiger partial charge in [-0.25, -0.2) is 4.39 Å². The van der Waals surface area contributed by atoms with Crippen LogP contribution in [0.1, 0.15) is 12.5 Å². The zero-order valence-electron chi connectivity index (χ0n) is 16.3. The molecule has 2 heterocycles. The van der Waals surface area contributed by atoms with Crippen molar-refractivity contribution in [2.24, 2.45) is 5.92 Å². The molecule has 2 aromatic carbocycles. The van der Waals surface area contributed by atoms with E-state index in [1.165, 1.54) is 12.1 Å². The molecular formula is C21H23FN6O. The molecule has 1 atom stereocenters. The van der Waals surface area contributed by atoms with Crippen molar-refractivity contribution < 1.29 is 9.18 Å². The van der Waals surface area contributed by atoms with Gasteiger partial charge in [-0.1, -0.05) is 42.4 Å². The van der Waals surface area contributed by atoms with Crippen molar-refractivity contribution in [1.82, 2.24) is 25.1 Å². The molecule has 4 rings (SSSR count). The normalized spacial score (nSPS) is 15.4. The predicted octanol–water partition coefficient (Wildman–Crippen LogP) is 2.33. The van der Waals surface area contributed by atoms with Gasteiger partial charge >= 0.3 is 0 Å². The lowest BCUT2D eigenvalue weighted by Crippen LogP contribution is -2.51. The van der Waals surface area contributed by atoms with Gasteiger partial charge in [-0.05, 0) is 46.7 Å². The van der Waals surface area contributed by atoms with Gasteiger partial charge < -0.3 is 9.80 Å². The summed E-state index contributed by atoms with van der Waals surface area (Å²) >= 11 is 0. The number of nitrogens with zero attached hydrogens (tertiary/aromatic N) is 6. The van der Waals surface area contributed by atoms with Crippen LogP contribution in [0.2, 0.25) is 0 Å². The molecule has 1 aliphatic heterocycles. The van der Waals surface area contributed by atoms with Gasteiger partial charge in [0.15, 0.2) is 0 Å². The minimum absolute atomic E-state index is 0.0940. The van der Waals surface area contributed by atoms with E-state index in [0.717, 1.165) is 11.3 Å². The first-order valence-electron chi connectivity index (χ1n) is 9.74. The maximum absolute atomic E-state index is 13.4. The van der Waals surface area contributed by atoms with Gasteiger partial charge in [-0.2, -0.15) is 4.68 Å². The maximum Gasteiger partial charge on any atom is 0.250 e. The minimum atomic E-state index is -0.271. The van der Waals surface area contributed by atoms with Crippen LogP contribution in [0.3, 0.4) is 0 Å². The summed E-state index contributed by atoms with van der Waals surface area (Å²) in [6, 6.07) is 16.2. The Hall–Kier alpha value is -3.29. The van der Waals surface area contributed by atoms with Crippen LogP contribution < -0.4 is 4.90 Å². The predicted molar refractivity (Wildman–Crippen MR) is 107 cm³/mol. The summed E-state index contributed by atoms with van der Waals surface area (Å²) in [6.45, 7) is 4.43. The van der Waals surface area contributed by atoms with Crippen molar-refractivity contribution in [2.45, 2.75) is 13.3 Å². The fourth-order valence-electron chi connectivity index (χ4n) is 3.66. The van der Waals surface area contributed by atoms with E-state index in [1.54, 1.807) is 10.7 Å². The van der Waals surface area contributed by atoms with Crippen LogP contribution >= 0.6 is 0 Å². The Morgan fingerprint density at radius 3 is 2.55 bits per heavy atom. The zero-order chi connectivity index (χ0) is 20.2. The molecule has 0 N–H and O–H groups in total. The van der Waals surface area contributed by atoms with E-state index in [-0.39, 0.29) is 17.6 Å². The van der Waals surface area contributed by atoms with E-state index >= 15 is 0 Å². The summed E-state index contributed by atoms with van der Waals surface area (Å²) in [4.78, 5) is 16.8. The van der Waals surface area contributed by atoms with Crippen LogP contribution in [-0.4, -0.2) is 57.2 Å². The number of tetrazole rings is 1. The highest BCUT2D eigenvalue weighted by Crippen LogP contribution is 2.19. The van der Waals surface area contributed by atoms with E-state index in [1.807, 2.05) is 48.2 Å². The largest absolute Gasteiger partial charge is 0.339 e. The average Bonchev–Trinajstić information content (AvgIpc) is 3.24. The molecule has 1 saturated heterocycles. The Balaban J connectivity index is 1.37. The zero-order valence-corrected chi connectivity index (χ0v) is 16.3. The highest BCUT2D eigenvalue weighted by Gasteiger charge is 2.27. The standard InChI is InChI=1S/C21H23FN6O/c1-16(14-17-6-5-7-18(22)15-17)20(29)26-10-12-27(13-11-26)21-23-24-25-28(21)19-8-3-2-4-9-19/h2-9,15-16H,10-14H2,1H3. The van der Waals surface area contributed by atoms with Crippen LogP contribution in [0, 0.1) is 11.7 Å². The number of benzene rings is 2. The van der Waals surface area contributed by atoms with Crippen LogP contribution in [0.5, 0.6) is 0 Å². The second-order valence-electron chi connectivity index (χ2n) is 7.27. The van der Waals surface area contributed by atoms with Gasteiger partial charge in [-0.15, -0.1) is 0 Å². The molecule has 0 aliphatic carbocycles. The topological polar surface area (TPSA) is 67.2 Å². The van der Waals surface area contributed by atoms with Gasteiger partial charge in [0.05, 0.1) is 5.69 Å². The first kappa shape index (κ1) is 19.0. The van der Waals surface area contributed by atoms with E-state index < -0.39 is 0 Å². The van der Waals surface area contributed by atoms with Crippen molar-refractivity contribution in [1.29, 1.82) is 0 Å². The monoisotopic (exact) mass is 394 g/mol. The summed E-state index contributed by atoms with van der Waals surface area (Å²) in [5.74, 6) is 0.303. The van der Waals surface area contributed by atoms with Crippen molar-refractivity contribution in [2.75, 3.05) is 31.1 Å². The average molecular weight is 394 g/mol. The van der Waals surface area contributed by atoms with Gasteiger partial charge in [0, 0.05) is 32.1 Å². The fraction of sp³-hybridized carbons (Fsp3) is 0.333. The number of hydrogen-bond acceptors (Lipinski definition) is 5. The molecule has 0 saturated carbocycles. The van der Waals surface area contributed by atoms with Crippen molar-refractivity contribution in [3.63, 3.8) is 0 Å². The second-order valence-corrected chi connectivity index (χ2v) is 7.27. The highest BCUT2D eigenvalue weighted by molar-refractivity contribution is 5.79. The molecule has 1 aliphatic rings. The van der Waals surface area contributed by atoms with Crippen molar-refractivity contribution >= 4 is 11.9 Å². The number of halogens is 1. The lowest BCUT2D eigenvalue weighted by molar-refractivity contribution is -0.135. The van der Waals surface area contributed by atoms with Gasteiger partial charge in [0.1, 0.15) is 5.82 Å². The number of amides is 1. The molecule has 1 amide bonds. The third-order valence-corrected chi connectivity index (χ3v) is 5.18. The van der Waals surface area contributed by atoms with E-state index in [4.69, 9.17) is 0 Å². The third kappa shape index (κ3) is 4.26. The number of anilines is 1. The molecule has 1 unspecified atom stereocenters. The van der Waals surface area contributed by atoms with Crippen LogP contribution in [0.15, 0.2) is 54.6 Å².